The molecule has 0 saturated heterocycles. The Hall–Kier alpha value is -1.85. The summed E-state index contributed by atoms with van der Waals surface area (Å²) in [6.45, 7) is 2.11. The van der Waals surface area contributed by atoms with Crippen LogP contribution < -0.4 is 14.8 Å². The summed E-state index contributed by atoms with van der Waals surface area (Å²) in [5.41, 5.74) is 0. The topological polar surface area (TPSA) is 47.6 Å². The minimum Gasteiger partial charge on any atom is -0.493 e. The van der Waals surface area contributed by atoms with Crippen molar-refractivity contribution in [2.45, 2.75) is 44.6 Å². The predicted molar refractivity (Wildman–Crippen MR) is 83.0 cm³/mol. The molecule has 1 aliphatic carbocycles. The van der Waals surface area contributed by atoms with E-state index < -0.39 is 5.92 Å². The van der Waals surface area contributed by atoms with Gasteiger partial charge in [0.25, 0.3) is 0 Å². The maximum atomic E-state index is 13.1. The number of halogens is 2. The Morgan fingerprint density at radius 1 is 1.30 bits per heavy atom. The molecule has 1 aromatic carbocycles. The highest BCUT2D eigenvalue weighted by molar-refractivity contribution is 5.79. The second-order valence-electron chi connectivity index (χ2n) is 6.00. The molecule has 1 saturated carbocycles. The maximum Gasteiger partial charge on any atom is 0.248 e. The molecule has 2 rings (SSSR count). The number of methoxy groups -OCH3 is 1. The van der Waals surface area contributed by atoms with Crippen LogP contribution in [-0.4, -0.2) is 31.6 Å². The number of rotatable bonds is 6. The molecule has 1 amide bonds. The van der Waals surface area contributed by atoms with Gasteiger partial charge in [0.15, 0.2) is 11.5 Å². The summed E-state index contributed by atoms with van der Waals surface area (Å²) in [6, 6.07) is 7.05. The summed E-state index contributed by atoms with van der Waals surface area (Å²) >= 11 is 0. The zero-order valence-electron chi connectivity index (χ0n) is 13.5. The third-order valence-corrected chi connectivity index (χ3v) is 4.03. The van der Waals surface area contributed by atoms with E-state index in [4.69, 9.17) is 9.47 Å². The molecular weight excluding hydrogens is 304 g/mol. The molecule has 0 radical (unpaired) electrons. The van der Waals surface area contributed by atoms with E-state index in [1.807, 2.05) is 19.1 Å². The van der Waals surface area contributed by atoms with E-state index in [2.05, 4.69) is 5.32 Å². The average molecular weight is 327 g/mol. The molecule has 0 unspecified atom stereocenters. The van der Waals surface area contributed by atoms with Gasteiger partial charge in [-0.1, -0.05) is 12.1 Å². The quantitative estimate of drug-likeness (QED) is 0.871. The Labute approximate surface area is 135 Å². The van der Waals surface area contributed by atoms with Gasteiger partial charge in [0.2, 0.25) is 11.8 Å². The first-order valence-corrected chi connectivity index (χ1v) is 7.85. The van der Waals surface area contributed by atoms with Crippen molar-refractivity contribution in [3.8, 4) is 11.5 Å². The molecule has 1 fully saturated rings. The third kappa shape index (κ3) is 5.08. The van der Waals surface area contributed by atoms with Crippen molar-refractivity contribution in [3.05, 3.63) is 24.3 Å². The summed E-state index contributed by atoms with van der Waals surface area (Å²) in [4.78, 5) is 12.1. The lowest BCUT2D eigenvalue weighted by Gasteiger charge is -2.28. The van der Waals surface area contributed by atoms with Crippen molar-refractivity contribution in [1.82, 2.24) is 5.32 Å². The zero-order chi connectivity index (χ0) is 16.9. The van der Waals surface area contributed by atoms with E-state index in [0.29, 0.717) is 11.5 Å². The van der Waals surface area contributed by atoms with Crippen LogP contribution in [-0.2, 0) is 4.79 Å². The first kappa shape index (κ1) is 17.5. The van der Waals surface area contributed by atoms with E-state index in [0.717, 1.165) is 0 Å². The van der Waals surface area contributed by atoms with Crippen molar-refractivity contribution in [3.63, 3.8) is 0 Å². The molecule has 0 bridgehead atoms. The molecule has 128 valence electrons. The Bertz CT molecular complexity index is 526. The number of hydrogen-bond donors (Lipinski definition) is 1. The summed E-state index contributed by atoms with van der Waals surface area (Å²) in [5.74, 6) is -1.89. The minimum atomic E-state index is -2.62. The third-order valence-electron chi connectivity index (χ3n) is 4.03. The lowest BCUT2D eigenvalue weighted by Crippen LogP contribution is -2.42. The minimum absolute atomic E-state index is 0.170. The van der Waals surface area contributed by atoms with Gasteiger partial charge in [-0.3, -0.25) is 4.79 Å². The Morgan fingerprint density at radius 2 is 1.91 bits per heavy atom. The molecule has 0 spiro atoms. The second kappa shape index (κ2) is 7.62. The van der Waals surface area contributed by atoms with Gasteiger partial charge in [0, 0.05) is 18.8 Å². The molecule has 4 nitrogen and oxygen atoms in total. The molecule has 1 aromatic rings. The van der Waals surface area contributed by atoms with E-state index in [1.165, 1.54) is 0 Å². The van der Waals surface area contributed by atoms with E-state index in [1.54, 1.807) is 19.2 Å². The highest BCUT2D eigenvalue weighted by Crippen LogP contribution is 2.36. The number of ether oxygens (including phenoxy) is 2. The van der Waals surface area contributed by atoms with E-state index in [9.17, 15) is 13.6 Å². The number of amides is 1. The van der Waals surface area contributed by atoms with Crippen molar-refractivity contribution in [2.24, 2.45) is 5.92 Å². The normalized spacial score (nSPS) is 19.0. The molecule has 23 heavy (non-hydrogen) atoms. The number of carbonyl (C=O) groups excluding carboxylic acids is 1. The van der Waals surface area contributed by atoms with Crippen LogP contribution in [0.2, 0.25) is 0 Å². The number of nitrogens with one attached hydrogen (secondary N) is 1. The molecule has 1 aliphatic rings. The Morgan fingerprint density at radius 3 is 2.52 bits per heavy atom. The van der Waals surface area contributed by atoms with Crippen LogP contribution in [0.1, 0.15) is 32.6 Å². The lowest BCUT2D eigenvalue weighted by atomic mass is 9.86. The monoisotopic (exact) mass is 327 g/mol. The first-order valence-electron chi connectivity index (χ1n) is 7.85. The Balaban J connectivity index is 1.78. The van der Waals surface area contributed by atoms with Crippen molar-refractivity contribution < 1.29 is 23.0 Å². The van der Waals surface area contributed by atoms with Gasteiger partial charge in [-0.2, -0.15) is 0 Å². The number of alkyl halides is 2. The van der Waals surface area contributed by atoms with Gasteiger partial charge >= 0.3 is 0 Å². The first-order chi connectivity index (χ1) is 10.9. The van der Waals surface area contributed by atoms with Gasteiger partial charge in [-0.05, 0) is 31.9 Å². The van der Waals surface area contributed by atoms with Gasteiger partial charge in [0.05, 0.1) is 13.2 Å². The van der Waals surface area contributed by atoms with Gasteiger partial charge in [0.1, 0.15) is 6.61 Å². The number of hydrogen-bond acceptors (Lipinski definition) is 3. The summed E-state index contributed by atoms with van der Waals surface area (Å²) in [7, 11) is 1.56. The van der Waals surface area contributed by atoms with Crippen LogP contribution >= 0.6 is 0 Å². The largest absolute Gasteiger partial charge is 0.493 e. The van der Waals surface area contributed by atoms with Crippen LogP contribution in [0.5, 0.6) is 11.5 Å². The fraction of sp³-hybridized carbons (Fsp3) is 0.588. The summed E-state index contributed by atoms with van der Waals surface area (Å²) in [6.07, 6.45) is 0.0478. The standard InChI is InChI=1S/C17H23F2NO3/c1-12(11-23-15-6-4-3-5-14(15)22-2)20-16(21)13-7-9-17(18,19)10-8-13/h3-6,12-13H,7-11H2,1-2H3,(H,20,21)/t12-/m0/s1. The molecular formula is C17H23F2NO3. The lowest BCUT2D eigenvalue weighted by molar-refractivity contribution is -0.129. The van der Waals surface area contributed by atoms with Gasteiger partial charge in [-0.15, -0.1) is 0 Å². The van der Waals surface area contributed by atoms with Crippen LogP contribution in [0, 0.1) is 5.92 Å². The number of para-hydroxylation sites is 2. The van der Waals surface area contributed by atoms with Crippen molar-refractivity contribution in [1.29, 1.82) is 0 Å². The van der Waals surface area contributed by atoms with Crippen LogP contribution in [0.4, 0.5) is 8.78 Å². The molecule has 1 atom stereocenters. The second-order valence-corrected chi connectivity index (χ2v) is 6.00. The highest BCUT2D eigenvalue weighted by Gasteiger charge is 2.37. The van der Waals surface area contributed by atoms with Crippen molar-refractivity contribution in [2.75, 3.05) is 13.7 Å². The van der Waals surface area contributed by atoms with Crippen LogP contribution in [0.3, 0.4) is 0 Å². The predicted octanol–water partition coefficient (Wildman–Crippen LogP) is 3.40. The van der Waals surface area contributed by atoms with Crippen molar-refractivity contribution >= 4 is 5.91 Å². The molecule has 0 aliphatic heterocycles. The molecule has 1 N–H and O–H groups in total. The fourth-order valence-corrected chi connectivity index (χ4v) is 2.66. The summed E-state index contributed by atoms with van der Waals surface area (Å²) < 4.78 is 37.1. The number of carbonyl (C=O) groups is 1. The fourth-order valence-electron chi connectivity index (χ4n) is 2.66. The van der Waals surface area contributed by atoms with Gasteiger partial charge < -0.3 is 14.8 Å². The SMILES string of the molecule is COc1ccccc1OC[C@H](C)NC(=O)C1CCC(F)(F)CC1. The summed E-state index contributed by atoms with van der Waals surface area (Å²) in [5, 5.41) is 2.84. The smallest absolute Gasteiger partial charge is 0.248 e. The zero-order valence-corrected chi connectivity index (χ0v) is 13.5. The maximum absolute atomic E-state index is 13.1. The molecule has 0 aromatic heterocycles. The van der Waals surface area contributed by atoms with Crippen LogP contribution in [0.25, 0.3) is 0 Å². The van der Waals surface area contributed by atoms with E-state index in [-0.39, 0.29) is 50.2 Å². The Kier molecular flexibility index (Phi) is 5.80. The van der Waals surface area contributed by atoms with E-state index >= 15 is 0 Å². The van der Waals surface area contributed by atoms with Gasteiger partial charge in [-0.25, -0.2) is 8.78 Å². The van der Waals surface area contributed by atoms with Crippen LogP contribution in [0.15, 0.2) is 24.3 Å². The molecule has 6 heteroatoms. The average Bonchev–Trinajstić information content (AvgIpc) is 2.53. The number of benzene rings is 1. The highest BCUT2D eigenvalue weighted by atomic mass is 19.3. The molecule has 0 heterocycles.